The molecule has 0 aromatic heterocycles. The molecule has 1 nitrogen and oxygen atoms in total. The number of fused-ring (bicyclic) bond motifs is 7. The van der Waals surface area contributed by atoms with E-state index in [9.17, 15) is 0 Å². The summed E-state index contributed by atoms with van der Waals surface area (Å²) in [5.41, 5.74) is 12.9. The van der Waals surface area contributed by atoms with E-state index in [2.05, 4.69) is 29.6 Å². The van der Waals surface area contributed by atoms with Crippen molar-refractivity contribution in [1.29, 1.82) is 0 Å². The van der Waals surface area contributed by atoms with E-state index in [1.807, 2.05) is 0 Å². The zero-order chi connectivity index (χ0) is 15.2. The molecule has 1 aliphatic heterocycles. The van der Waals surface area contributed by atoms with Gasteiger partial charge < -0.3 is 5.32 Å². The van der Waals surface area contributed by atoms with Crippen molar-refractivity contribution in [3.63, 3.8) is 0 Å². The van der Waals surface area contributed by atoms with Crippen LogP contribution in [-0.4, -0.2) is 0 Å². The Bertz CT molecular complexity index is 707. The van der Waals surface area contributed by atoms with Gasteiger partial charge in [0.05, 0.1) is 0 Å². The number of aryl methyl sites for hydroxylation is 2. The molecule has 118 valence electrons. The van der Waals surface area contributed by atoms with Crippen LogP contribution in [0.25, 0.3) is 11.1 Å². The Labute approximate surface area is 139 Å². The fourth-order valence-electron chi connectivity index (χ4n) is 5.00. The molecule has 1 heteroatoms. The van der Waals surface area contributed by atoms with Crippen molar-refractivity contribution < 1.29 is 0 Å². The van der Waals surface area contributed by atoms with E-state index in [1.54, 1.807) is 33.4 Å². The number of hydrogen-bond acceptors (Lipinski definition) is 1. The monoisotopic (exact) mass is 303 g/mol. The second kappa shape index (κ2) is 5.49. The van der Waals surface area contributed by atoms with Gasteiger partial charge in [0.15, 0.2) is 0 Å². The Kier molecular flexibility index (Phi) is 3.29. The van der Waals surface area contributed by atoms with Crippen LogP contribution in [0.5, 0.6) is 0 Å². The minimum atomic E-state index is 1.02. The van der Waals surface area contributed by atoms with Crippen molar-refractivity contribution in [3.8, 4) is 11.1 Å². The summed E-state index contributed by atoms with van der Waals surface area (Å²) in [6, 6.07) is 9.64. The first-order valence-electron chi connectivity index (χ1n) is 9.40. The van der Waals surface area contributed by atoms with Crippen LogP contribution in [0.4, 0.5) is 0 Å². The molecule has 0 bridgehead atoms. The third-order valence-corrected chi connectivity index (χ3v) is 6.12. The fourth-order valence-corrected chi connectivity index (χ4v) is 5.00. The highest BCUT2D eigenvalue weighted by Gasteiger charge is 2.25. The van der Waals surface area contributed by atoms with E-state index < -0.39 is 0 Å². The molecule has 23 heavy (non-hydrogen) atoms. The van der Waals surface area contributed by atoms with Gasteiger partial charge in [-0.05, 0) is 95.9 Å². The molecule has 0 atom stereocenters. The third-order valence-electron chi connectivity index (χ3n) is 6.12. The van der Waals surface area contributed by atoms with Crippen LogP contribution in [0.15, 0.2) is 24.3 Å². The predicted octanol–water partition coefficient (Wildman–Crippen LogP) is 4.71. The van der Waals surface area contributed by atoms with Crippen LogP contribution < -0.4 is 5.32 Å². The number of hydrogen-bond donors (Lipinski definition) is 1. The van der Waals surface area contributed by atoms with Gasteiger partial charge in [0.25, 0.3) is 0 Å². The zero-order valence-corrected chi connectivity index (χ0v) is 13.9. The Morgan fingerprint density at radius 1 is 0.522 bits per heavy atom. The molecular weight excluding hydrogens is 278 g/mol. The third kappa shape index (κ3) is 2.17. The normalized spacial score (nSPS) is 19.1. The summed E-state index contributed by atoms with van der Waals surface area (Å²) in [6.07, 6.45) is 10.6. The molecule has 1 heterocycles. The lowest BCUT2D eigenvalue weighted by atomic mass is 9.78. The lowest BCUT2D eigenvalue weighted by Crippen LogP contribution is -2.11. The van der Waals surface area contributed by atoms with Gasteiger partial charge in [-0.1, -0.05) is 24.3 Å². The Balaban J connectivity index is 1.83. The highest BCUT2D eigenvalue weighted by Crippen LogP contribution is 2.42. The van der Waals surface area contributed by atoms with Crippen molar-refractivity contribution in [3.05, 3.63) is 57.6 Å². The maximum Gasteiger partial charge on any atom is 0.0214 e. The van der Waals surface area contributed by atoms with Gasteiger partial charge in [0.2, 0.25) is 0 Å². The van der Waals surface area contributed by atoms with Crippen LogP contribution in [-0.2, 0) is 38.8 Å². The molecule has 3 aliphatic rings. The number of rotatable bonds is 0. The Morgan fingerprint density at radius 2 is 0.957 bits per heavy atom. The summed E-state index contributed by atoms with van der Waals surface area (Å²) < 4.78 is 0. The van der Waals surface area contributed by atoms with E-state index >= 15 is 0 Å². The van der Waals surface area contributed by atoms with E-state index in [0.717, 1.165) is 13.1 Å². The molecule has 2 aliphatic carbocycles. The lowest BCUT2D eigenvalue weighted by molar-refractivity contribution is 0.680. The smallest absolute Gasteiger partial charge is 0.0214 e. The minimum absolute atomic E-state index is 1.02. The first-order chi connectivity index (χ1) is 11.4. The zero-order valence-electron chi connectivity index (χ0n) is 13.9. The van der Waals surface area contributed by atoms with Crippen molar-refractivity contribution in [2.75, 3.05) is 0 Å². The first-order valence-corrected chi connectivity index (χ1v) is 9.40. The molecule has 2 aromatic carbocycles. The first kappa shape index (κ1) is 13.8. The molecule has 0 spiro atoms. The van der Waals surface area contributed by atoms with E-state index in [1.165, 1.54) is 62.5 Å². The summed E-state index contributed by atoms with van der Waals surface area (Å²) >= 11 is 0. The molecule has 0 fully saturated rings. The topological polar surface area (TPSA) is 12.0 Å². The van der Waals surface area contributed by atoms with Gasteiger partial charge in [0, 0.05) is 13.1 Å². The molecule has 0 saturated heterocycles. The average Bonchev–Trinajstić information content (AvgIpc) is 2.81. The Morgan fingerprint density at radius 3 is 1.48 bits per heavy atom. The SMILES string of the molecule is c1cc2c(c3c1CCCC3)-c1c(ccc3c1CCCC3)CNC2. The quantitative estimate of drug-likeness (QED) is 0.743. The Hall–Kier alpha value is -1.60. The van der Waals surface area contributed by atoms with Gasteiger partial charge >= 0.3 is 0 Å². The summed E-state index contributed by atoms with van der Waals surface area (Å²) in [5.74, 6) is 0. The lowest BCUT2D eigenvalue weighted by Gasteiger charge is -2.26. The van der Waals surface area contributed by atoms with E-state index in [-0.39, 0.29) is 0 Å². The summed E-state index contributed by atoms with van der Waals surface area (Å²) in [4.78, 5) is 0. The number of benzene rings is 2. The van der Waals surface area contributed by atoms with Gasteiger partial charge in [0.1, 0.15) is 0 Å². The largest absolute Gasteiger partial charge is 0.309 e. The molecule has 0 amide bonds. The molecule has 1 N–H and O–H groups in total. The van der Waals surface area contributed by atoms with Crippen LogP contribution in [0.1, 0.15) is 59.1 Å². The van der Waals surface area contributed by atoms with Crippen LogP contribution in [0.2, 0.25) is 0 Å². The molecule has 2 aromatic rings. The number of nitrogens with one attached hydrogen (secondary N) is 1. The summed E-state index contributed by atoms with van der Waals surface area (Å²) in [7, 11) is 0. The van der Waals surface area contributed by atoms with Gasteiger partial charge in [-0.15, -0.1) is 0 Å². The van der Waals surface area contributed by atoms with Crippen molar-refractivity contribution in [2.45, 2.75) is 64.5 Å². The van der Waals surface area contributed by atoms with Crippen molar-refractivity contribution >= 4 is 0 Å². The van der Waals surface area contributed by atoms with Gasteiger partial charge in [-0.3, -0.25) is 0 Å². The predicted molar refractivity (Wildman–Crippen MR) is 95.7 cm³/mol. The van der Waals surface area contributed by atoms with E-state index in [0.29, 0.717) is 0 Å². The molecule has 0 unspecified atom stereocenters. The van der Waals surface area contributed by atoms with Crippen LogP contribution in [0, 0.1) is 0 Å². The fraction of sp³-hybridized carbons (Fsp3) is 0.455. The average molecular weight is 303 g/mol. The second-order valence-electron chi connectivity index (χ2n) is 7.49. The van der Waals surface area contributed by atoms with Gasteiger partial charge in [-0.2, -0.15) is 0 Å². The molecule has 0 saturated carbocycles. The van der Waals surface area contributed by atoms with Crippen LogP contribution in [0.3, 0.4) is 0 Å². The highest BCUT2D eigenvalue weighted by atomic mass is 14.9. The molecular formula is C22H25N. The standard InChI is InChI=1S/C22H25N/c1-3-7-19-15(5-1)9-11-17-13-23-14-18-12-10-16-6-2-4-8-20(16)22(18)21(17)19/h9-12,23H,1-8,13-14H2. The van der Waals surface area contributed by atoms with E-state index in [4.69, 9.17) is 0 Å². The van der Waals surface area contributed by atoms with Crippen molar-refractivity contribution in [1.82, 2.24) is 5.32 Å². The summed E-state index contributed by atoms with van der Waals surface area (Å²) in [5, 5.41) is 3.67. The molecule has 5 rings (SSSR count). The second-order valence-corrected chi connectivity index (χ2v) is 7.49. The maximum absolute atomic E-state index is 3.67. The highest BCUT2D eigenvalue weighted by molar-refractivity contribution is 5.80. The minimum Gasteiger partial charge on any atom is -0.309 e. The summed E-state index contributed by atoms with van der Waals surface area (Å²) in [6.45, 7) is 2.04. The molecule has 0 radical (unpaired) electrons. The van der Waals surface area contributed by atoms with Crippen LogP contribution >= 0.6 is 0 Å². The van der Waals surface area contributed by atoms with Crippen molar-refractivity contribution in [2.24, 2.45) is 0 Å². The maximum atomic E-state index is 3.67. The van der Waals surface area contributed by atoms with Gasteiger partial charge in [-0.25, -0.2) is 0 Å².